The van der Waals surface area contributed by atoms with Gasteiger partial charge in [0.05, 0.1) is 17.9 Å². The largest absolute Gasteiger partial charge is 0.349 e. The first-order valence-electron chi connectivity index (χ1n) is 7.27. The molecular formula is C16H22ClFN4O. The van der Waals surface area contributed by atoms with Gasteiger partial charge in [0.1, 0.15) is 5.82 Å². The molecule has 0 bridgehead atoms. The molecule has 0 aliphatic heterocycles. The van der Waals surface area contributed by atoms with Crippen LogP contribution in [0.2, 0.25) is 0 Å². The van der Waals surface area contributed by atoms with Crippen molar-refractivity contribution >= 4 is 18.3 Å². The maximum atomic E-state index is 13.0. The van der Waals surface area contributed by atoms with E-state index < -0.39 is 0 Å². The highest BCUT2D eigenvalue weighted by molar-refractivity contribution is 5.85. The smallest absolute Gasteiger partial charge is 0.221 e. The van der Waals surface area contributed by atoms with Crippen LogP contribution in [0.5, 0.6) is 0 Å². The Bertz CT molecular complexity index is 642. The molecule has 2 N–H and O–H groups in total. The number of aromatic nitrogens is 2. The molecule has 1 aromatic heterocycles. The van der Waals surface area contributed by atoms with Crippen molar-refractivity contribution in [3.05, 3.63) is 47.5 Å². The first-order valence-corrected chi connectivity index (χ1v) is 7.27. The van der Waals surface area contributed by atoms with Gasteiger partial charge in [0.2, 0.25) is 5.91 Å². The molecule has 126 valence electrons. The van der Waals surface area contributed by atoms with Crippen LogP contribution < -0.4 is 10.6 Å². The zero-order chi connectivity index (χ0) is 16.1. The topological polar surface area (TPSA) is 59.0 Å². The molecular weight excluding hydrogens is 319 g/mol. The minimum Gasteiger partial charge on any atom is -0.349 e. The number of amides is 1. The third kappa shape index (κ3) is 4.77. The van der Waals surface area contributed by atoms with Gasteiger partial charge in [-0.25, -0.2) is 9.07 Å². The predicted molar refractivity (Wildman–Crippen MR) is 90.6 cm³/mol. The van der Waals surface area contributed by atoms with Crippen LogP contribution in [-0.4, -0.2) is 29.3 Å². The van der Waals surface area contributed by atoms with Gasteiger partial charge in [-0.2, -0.15) is 5.10 Å². The fourth-order valence-corrected chi connectivity index (χ4v) is 2.32. The Labute approximate surface area is 141 Å². The lowest BCUT2D eigenvalue weighted by Crippen LogP contribution is -2.29. The number of carbonyl (C=O) groups is 1. The van der Waals surface area contributed by atoms with Crippen molar-refractivity contribution in [3.63, 3.8) is 0 Å². The summed E-state index contributed by atoms with van der Waals surface area (Å²) in [6.07, 6.45) is 2.17. The summed E-state index contributed by atoms with van der Waals surface area (Å²) in [6, 6.07) is 6.03. The van der Waals surface area contributed by atoms with Gasteiger partial charge in [-0.15, -0.1) is 12.4 Å². The van der Waals surface area contributed by atoms with E-state index in [2.05, 4.69) is 15.7 Å². The number of carbonyl (C=O) groups excluding carboxylic acids is 1. The molecule has 1 heterocycles. The standard InChI is InChI=1S/C16H21FN4O.ClH/c1-11(20-16(22)8-9-18-3)15-10-19-21(12(15)2)14-6-4-13(17)5-7-14;/h4-7,10-11,18H,8-9H2,1-3H3,(H,20,22);1H. The fourth-order valence-electron chi connectivity index (χ4n) is 2.32. The van der Waals surface area contributed by atoms with Crippen molar-refractivity contribution in [2.75, 3.05) is 13.6 Å². The number of rotatable bonds is 6. The number of hydrogen-bond donors (Lipinski definition) is 2. The maximum absolute atomic E-state index is 13.0. The summed E-state index contributed by atoms with van der Waals surface area (Å²) >= 11 is 0. The Kier molecular flexibility index (Phi) is 7.19. The number of nitrogens with one attached hydrogen (secondary N) is 2. The molecule has 0 aliphatic carbocycles. The van der Waals surface area contributed by atoms with E-state index in [0.717, 1.165) is 16.9 Å². The summed E-state index contributed by atoms with van der Waals surface area (Å²) in [4.78, 5) is 11.8. The Balaban J connectivity index is 0.00000264. The van der Waals surface area contributed by atoms with E-state index in [0.29, 0.717) is 13.0 Å². The van der Waals surface area contributed by atoms with E-state index in [-0.39, 0.29) is 30.2 Å². The van der Waals surface area contributed by atoms with Crippen molar-refractivity contribution in [1.29, 1.82) is 0 Å². The van der Waals surface area contributed by atoms with Crippen molar-refractivity contribution in [2.24, 2.45) is 0 Å². The summed E-state index contributed by atoms with van der Waals surface area (Å²) in [5.74, 6) is -0.283. The second kappa shape index (κ2) is 8.64. The number of halogens is 2. The minimum absolute atomic E-state index is 0. The van der Waals surface area contributed by atoms with Crippen LogP contribution in [0.4, 0.5) is 4.39 Å². The third-order valence-corrected chi connectivity index (χ3v) is 3.57. The number of benzene rings is 1. The van der Waals surface area contributed by atoms with Crippen LogP contribution in [-0.2, 0) is 4.79 Å². The van der Waals surface area contributed by atoms with E-state index >= 15 is 0 Å². The van der Waals surface area contributed by atoms with Crippen molar-refractivity contribution in [1.82, 2.24) is 20.4 Å². The highest BCUT2D eigenvalue weighted by Gasteiger charge is 2.16. The van der Waals surface area contributed by atoms with Gasteiger partial charge in [-0.05, 0) is 45.2 Å². The summed E-state index contributed by atoms with van der Waals surface area (Å²) in [6.45, 7) is 4.50. The van der Waals surface area contributed by atoms with Gasteiger partial charge >= 0.3 is 0 Å². The zero-order valence-corrected chi connectivity index (χ0v) is 14.3. The van der Waals surface area contributed by atoms with Gasteiger partial charge in [0.15, 0.2) is 0 Å². The summed E-state index contributed by atoms with van der Waals surface area (Å²) in [5, 5.41) is 10.2. The molecule has 0 fully saturated rings. The molecule has 0 aliphatic rings. The summed E-state index contributed by atoms with van der Waals surface area (Å²) < 4.78 is 14.7. The third-order valence-electron chi connectivity index (χ3n) is 3.57. The van der Waals surface area contributed by atoms with Gasteiger partial charge in [-0.3, -0.25) is 4.79 Å². The van der Waals surface area contributed by atoms with Crippen molar-refractivity contribution in [3.8, 4) is 5.69 Å². The Morgan fingerprint density at radius 2 is 2.00 bits per heavy atom. The SMILES string of the molecule is CNCCC(=O)NC(C)c1cnn(-c2ccc(F)cc2)c1C.Cl. The highest BCUT2D eigenvalue weighted by atomic mass is 35.5. The van der Waals surface area contributed by atoms with Crippen LogP contribution in [0, 0.1) is 12.7 Å². The van der Waals surface area contributed by atoms with Gasteiger partial charge < -0.3 is 10.6 Å². The van der Waals surface area contributed by atoms with Crippen LogP contribution >= 0.6 is 12.4 Å². The lowest BCUT2D eigenvalue weighted by molar-refractivity contribution is -0.121. The molecule has 1 amide bonds. The number of hydrogen-bond acceptors (Lipinski definition) is 3. The Morgan fingerprint density at radius 1 is 1.35 bits per heavy atom. The van der Waals surface area contributed by atoms with E-state index in [4.69, 9.17) is 0 Å². The monoisotopic (exact) mass is 340 g/mol. The molecule has 0 radical (unpaired) electrons. The van der Waals surface area contributed by atoms with Crippen molar-refractivity contribution < 1.29 is 9.18 Å². The average molecular weight is 341 g/mol. The van der Waals surface area contributed by atoms with E-state index in [1.165, 1.54) is 12.1 Å². The van der Waals surface area contributed by atoms with Crippen LogP contribution in [0.25, 0.3) is 5.69 Å². The first-order chi connectivity index (χ1) is 10.5. The molecule has 1 aromatic carbocycles. The molecule has 1 unspecified atom stereocenters. The lowest BCUT2D eigenvalue weighted by atomic mass is 10.1. The van der Waals surface area contributed by atoms with Crippen LogP contribution in [0.3, 0.4) is 0 Å². The minimum atomic E-state index is -0.279. The second-order valence-corrected chi connectivity index (χ2v) is 5.22. The Hall–Kier alpha value is -1.92. The van der Waals surface area contributed by atoms with Crippen LogP contribution in [0.15, 0.2) is 30.5 Å². The molecule has 0 saturated carbocycles. The fraction of sp³-hybridized carbons (Fsp3) is 0.375. The van der Waals surface area contributed by atoms with Crippen molar-refractivity contribution in [2.45, 2.75) is 26.3 Å². The molecule has 7 heteroatoms. The average Bonchev–Trinajstić information content (AvgIpc) is 2.88. The molecule has 2 rings (SSSR count). The summed E-state index contributed by atoms with van der Waals surface area (Å²) in [5.41, 5.74) is 2.66. The first kappa shape index (κ1) is 19.1. The zero-order valence-electron chi connectivity index (χ0n) is 13.5. The summed E-state index contributed by atoms with van der Waals surface area (Å²) in [7, 11) is 1.81. The highest BCUT2D eigenvalue weighted by Crippen LogP contribution is 2.20. The lowest BCUT2D eigenvalue weighted by Gasteiger charge is -2.14. The number of nitrogens with zero attached hydrogens (tertiary/aromatic N) is 2. The van der Waals surface area contributed by atoms with Gasteiger partial charge in [0.25, 0.3) is 0 Å². The normalized spacial score (nSPS) is 11.7. The second-order valence-electron chi connectivity index (χ2n) is 5.22. The quantitative estimate of drug-likeness (QED) is 0.849. The van der Waals surface area contributed by atoms with Gasteiger partial charge in [0, 0.05) is 24.2 Å². The molecule has 1 atom stereocenters. The van der Waals surface area contributed by atoms with E-state index in [1.54, 1.807) is 23.0 Å². The van der Waals surface area contributed by atoms with Crippen LogP contribution in [0.1, 0.15) is 30.6 Å². The predicted octanol–water partition coefficient (Wildman–Crippen LogP) is 2.53. The molecule has 0 spiro atoms. The molecule has 5 nitrogen and oxygen atoms in total. The molecule has 23 heavy (non-hydrogen) atoms. The Morgan fingerprint density at radius 3 is 2.61 bits per heavy atom. The molecule has 2 aromatic rings. The molecule has 0 saturated heterocycles. The van der Waals surface area contributed by atoms with E-state index in [1.807, 2.05) is 20.9 Å². The van der Waals surface area contributed by atoms with Gasteiger partial charge in [-0.1, -0.05) is 0 Å². The maximum Gasteiger partial charge on any atom is 0.221 e. The van der Waals surface area contributed by atoms with E-state index in [9.17, 15) is 9.18 Å².